The predicted molar refractivity (Wildman–Crippen MR) is 144 cm³/mol. The van der Waals surface area contributed by atoms with E-state index in [-0.39, 0.29) is 0 Å². The molecule has 0 unspecified atom stereocenters. The molecule has 0 radical (unpaired) electrons. The summed E-state index contributed by atoms with van der Waals surface area (Å²) in [5.41, 5.74) is 11.0. The summed E-state index contributed by atoms with van der Waals surface area (Å²) in [6.07, 6.45) is 3.44. The van der Waals surface area contributed by atoms with Gasteiger partial charge in [0.2, 0.25) is 5.95 Å². The van der Waals surface area contributed by atoms with Crippen LogP contribution in [0.5, 0.6) is 0 Å². The number of ether oxygens (including phenoxy) is 1. The van der Waals surface area contributed by atoms with E-state index >= 15 is 0 Å². The number of para-hydroxylation sites is 1. The summed E-state index contributed by atoms with van der Waals surface area (Å²) in [7, 11) is 0. The van der Waals surface area contributed by atoms with Gasteiger partial charge in [0.1, 0.15) is 0 Å². The molecule has 1 fully saturated rings. The quantitative estimate of drug-likeness (QED) is 0.256. The van der Waals surface area contributed by atoms with Crippen LogP contribution in [0.3, 0.4) is 0 Å². The van der Waals surface area contributed by atoms with Crippen molar-refractivity contribution < 1.29 is 9.53 Å². The van der Waals surface area contributed by atoms with Gasteiger partial charge in [0.15, 0.2) is 0 Å². The maximum Gasteiger partial charge on any atom is 0.323 e. The van der Waals surface area contributed by atoms with E-state index in [0.29, 0.717) is 45.9 Å². The first kappa shape index (κ1) is 23.9. The van der Waals surface area contributed by atoms with Crippen molar-refractivity contribution in [2.75, 3.05) is 47.6 Å². The van der Waals surface area contributed by atoms with Gasteiger partial charge in [-0.1, -0.05) is 35.3 Å². The Morgan fingerprint density at radius 1 is 1.03 bits per heavy atom. The number of nitrogen functional groups attached to an aromatic ring is 1. The Hall–Kier alpha value is -3.79. The third-order valence-corrected chi connectivity index (χ3v) is 6.50. The summed E-state index contributed by atoms with van der Waals surface area (Å²) < 4.78 is 5.48. The highest BCUT2D eigenvalue weighted by Crippen LogP contribution is 2.38. The number of morpholine rings is 1. The molecule has 0 aliphatic carbocycles. The summed E-state index contributed by atoms with van der Waals surface area (Å²) >= 11 is 12.0. The van der Waals surface area contributed by atoms with Crippen LogP contribution in [0.2, 0.25) is 10.0 Å². The maximum absolute atomic E-state index is 12.7. The Morgan fingerprint density at radius 2 is 1.81 bits per heavy atom. The third-order valence-electron chi connectivity index (χ3n) is 5.76. The number of H-pyrrole nitrogens is 1. The van der Waals surface area contributed by atoms with E-state index in [1.54, 1.807) is 36.7 Å². The van der Waals surface area contributed by atoms with Crippen molar-refractivity contribution in [2.24, 2.45) is 0 Å². The van der Waals surface area contributed by atoms with Crippen LogP contribution in [0.1, 0.15) is 0 Å². The highest BCUT2D eigenvalue weighted by molar-refractivity contribution is 6.42. The lowest BCUT2D eigenvalue weighted by molar-refractivity contribution is 0.122. The summed E-state index contributed by atoms with van der Waals surface area (Å²) in [4.78, 5) is 27.3. The average molecular weight is 524 g/mol. The molecular weight excluding hydrogens is 501 g/mol. The molecule has 0 atom stereocenters. The van der Waals surface area contributed by atoms with Crippen molar-refractivity contribution in [3.63, 3.8) is 0 Å². The summed E-state index contributed by atoms with van der Waals surface area (Å²) in [6.45, 7) is 2.73. The molecule has 36 heavy (non-hydrogen) atoms. The number of hydrogen-bond acceptors (Lipinski definition) is 6. The molecule has 9 nitrogen and oxygen atoms in total. The number of amides is 2. The molecule has 1 saturated heterocycles. The Bertz CT molecular complexity index is 1390. The number of aromatic amines is 1. The molecule has 1 aliphatic rings. The van der Waals surface area contributed by atoms with Crippen molar-refractivity contribution in [1.29, 1.82) is 0 Å². The Labute approximate surface area is 217 Å². The fourth-order valence-corrected chi connectivity index (χ4v) is 4.25. The van der Waals surface area contributed by atoms with E-state index in [0.717, 1.165) is 36.0 Å². The molecule has 3 heterocycles. The molecule has 5 N–H and O–H groups in total. The lowest BCUT2D eigenvalue weighted by atomic mass is 10.0. The number of carbonyl (C=O) groups excluding carboxylic acids is 1. The van der Waals surface area contributed by atoms with Crippen LogP contribution in [0.25, 0.3) is 22.5 Å². The van der Waals surface area contributed by atoms with Gasteiger partial charge in [-0.2, -0.15) is 0 Å². The van der Waals surface area contributed by atoms with Crippen LogP contribution in [0, 0.1) is 0 Å². The zero-order chi connectivity index (χ0) is 25.1. The third kappa shape index (κ3) is 5.08. The number of nitrogens with one attached hydrogen (secondary N) is 3. The molecule has 1 aliphatic heterocycles. The smallest absolute Gasteiger partial charge is 0.323 e. The molecule has 2 aromatic carbocycles. The van der Waals surface area contributed by atoms with Crippen molar-refractivity contribution in [3.05, 3.63) is 71.0 Å². The number of rotatable bonds is 5. The maximum atomic E-state index is 12.7. The molecule has 184 valence electrons. The van der Waals surface area contributed by atoms with Gasteiger partial charge in [-0.05, 0) is 36.4 Å². The molecule has 0 spiro atoms. The largest absolute Gasteiger partial charge is 0.396 e. The van der Waals surface area contributed by atoms with E-state index in [1.165, 1.54) is 0 Å². The molecule has 0 bridgehead atoms. The number of urea groups is 1. The highest BCUT2D eigenvalue weighted by atomic mass is 35.5. The molecule has 5 rings (SSSR count). The van der Waals surface area contributed by atoms with Gasteiger partial charge in [-0.3, -0.25) is 4.98 Å². The molecule has 2 aromatic heterocycles. The topological polar surface area (TPSA) is 121 Å². The lowest BCUT2D eigenvalue weighted by Crippen LogP contribution is -2.36. The number of nitrogens with zero attached hydrogens (tertiary/aromatic N) is 3. The number of halogens is 2. The lowest BCUT2D eigenvalue weighted by Gasteiger charge is -2.26. The minimum absolute atomic E-state index is 0.343. The molecular formula is C25H23Cl2N7O2. The number of anilines is 4. The van der Waals surface area contributed by atoms with Crippen molar-refractivity contribution in [2.45, 2.75) is 0 Å². The van der Waals surface area contributed by atoms with Gasteiger partial charge in [0, 0.05) is 42.3 Å². The van der Waals surface area contributed by atoms with E-state index in [9.17, 15) is 4.79 Å². The number of pyridine rings is 1. The van der Waals surface area contributed by atoms with Crippen LogP contribution in [-0.2, 0) is 4.74 Å². The predicted octanol–water partition coefficient (Wildman–Crippen LogP) is 5.51. The first-order chi connectivity index (χ1) is 17.5. The Kier molecular flexibility index (Phi) is 6.95. The van der Waals surface area contributed by atoms with E-state index < -0.39 is 6.03 Å². The highest BCUT2D eigenvalue weighted by Gasteiger charge is 2.22. The van der Waals surface area contributed by atoms with Gasteiger partial charge in [-0.25, -0.2) is 9.78 Å². The van der Waals surface area contributed by atoms with Crippen LogP contribution >= 0.6 is 23.2 Å². The van der Waals surface area contributed by atoms with Crippen molar-refractivity contribution in [1.82, 2.24) is 15.0 Å². The fraction of sp³-hybridized carbons (Fsp3) is 0.160. The summed E-state index contributed by atoms with van der Waals surface area (Å²) in [5, 5.41) is 6.29. The van der Waals surface area contributed by atoms with Gasteiger partial charge < -0.3 is 31.0 Å². The molecule has 2 amide bonds. The minimum Gasteiger partial charge on any atom is -0.396 e. The second-order valence-corrected chi connectivity index (χ2v) is 8.91. The Balaban J connectivity index is 1.46. The number of imidazole rings is 1. The van der Waals surface area contributed by atoms with E-state index in [1.807, 2.05) is 24.3 Å². The van der Waals surface area contributed by atoms with Gasteiger partial charge in [0.05, 0.1) is 46.0 Å². The number of benzene rings is 2. The fourth-order valence-electron chi connectivity index (χ4n) is 3.95. The molecule has 0 saturated carbocycles. The van der Waals surface area contributed by atoms with Crippen LogP contribution < -0.4 is 21.3 Å². The van der Waals surface area contributed by atoms with Crippen LogP contribution in [-0.4, -0.2) is 47.3 Å². The van der Waals surface area contributed by atoms with Crippen LogP contribution in [0.4, 0.5) is 27.8 Å². The minimum atomic E-state index is -0.467. The number of carbonyl (C=O) groups is 1. The normalized spacial score (nSPS) is 13.4. The Morgan fingerprint density at radius 3 is 2.56 bits per heavy atom. The molecule has 4 aromatic rings. The van der Waals surface area contributed by atoms with Gasteiger partial charge in [0.25, 0.3) is 0 Å². The first-order valence-corrected chi connectivity index (χ1v) is 12.0. The average Bonchev–Trinajstić information content (AvgIpc) is 3.34. The summed E-state index contributed by atoms with van der Waals surface area (Å²) in [5.74, 6) is 0.732. The van der Waals surface area contributed by atoms with E-state index in [2.05, 4.69) is 25.5 Å². The SMILES string of the molecule is Nc1c(NC(=O)Nc2ccc(Cl)c(Cl)c2)cccc1-c1[nH]c(N2CCOCC2)nc1-c1ccncc1. The molecule has 11 heteroatoms. The summed E-state index contributed by atoms with van der Waals surface area (Å²) in [6, 6.07) is 13.6. The number of aromatic nitrogens is 3. The number of hydrogen-bond donors (Lipinski definition) is 4. The zero-order valence-corrected chi connectivity index (χ0v) is 20.6. The second kappa shape index (κ2) is 10.4. The monoisotopic (exact) mass is 523 g/mol. The van der Waals surface area contributed by atoms with E-state index in [4.69, 9.17) is 38.7 Å². The number of nitrogens with two attached hydrogens (primary N) is 1. The van der Waals surface area contributed by atoms with Gasteiger partial charge in [-0.15, -0.1) is 0 Å². The van der Waals surface area contributed by atoms with Crippen molar-refractivity contribution >= 4 is 52.2 Å². The van der Waals surface area contributed by atoms with Gasteiger partial charge >= 0.3 is 6.03 Å². The van der Waals surface area contributed by atoms with Crippen molar-refractivity contribution in [3.8, 4) is 22.5 Å². The van der Waals surface area contributed by atoms with Crippen LogP contribution in [0.15, 0.2) is 60.9 Å². The standard InChI is InChI=1S/C25H23Cl2N7O2/c26-18-5-4-16(14-19(18)27)30-25(35)31-20-3-1-2-17(21(20)28)23-22(15-6-8-29-9-7-15)32-24(33-23)34-10-12-36-13-11-34/h1-9,14H,10-13,28H2,(H,32,33)(H2,30,31,35). The first-order valence-electron chi connectivity index (χ1n) is 11.2. The zero-order valence-electron chi connectivity index (χ0n) is 19.1. The second-order valence-electron chi connectivity index (χ2n) is 8.09.